The summed E-state index contributed by atoms with van der Waals surface area (Å²) in [6.45, 7) is 1.08. The third kappa shape index (κ3) is 3.61. The van der Waals surface area contributed by atoms with Crippen LogP contribution in [0.5, 0.6) is 0 Å². The molecule has 1 aliphatic heterocycles. The minimum absolute atomic E-state index is 0.0800. The summed E-state index contributed by atoms with van der Waals surface area (Å²) in [5, 5.41) is 3.72. The fourth-order valence-corrected chi connectivity index (χ4v) is 5.61. The first-order valence-electron chi connectivity index (χ1n) is 9.14. The second kappa shape index (κ2) is 7.26. The number of sulfonamides is 1. The van der Waals surface area contributed by atoms with Gasteiger partial charge in [0.1, 0.15) is 0 Å². The molecule has 0 aromatic heterocycles. The normalized spacial score (nSPS) is 19.8. The van der Waals surface area contributed by atoms with Gasteiger partial charge in [0.05, 0.1) is 10.9 Å². The van der Waals surface area contributed by atoms with Gasteiger partial charge in [0, 0.05) is 23.7 Å². The van der Waals surface area contributed by atoms with Crippen molar-refractivity contribution in [3.63, 3.8) is 0 Å². The number of aryl methyl sites for hydroxylation is 1. The molecule has 1 unspecified atom stereocenters. The zero-order valence-corrected chi connectivity index (χ0v) is 16.4. The summed E-state index contributed by atoms with van der Waals surface area (Å²) in [4.78, 5) is 12.9. The number of benzene rings is 2. The molecular formula is C20H21ClN2O3S. The minimum Gasteiger partial charge on any atom is -0.345 e. The lowest BCUT2D eigenvalue weighted by Crippen LogP contribution is -2.29. The van der Waals surface area contributed by atoms with E-state index in [4.69, 9.17) is 11.6 Å². The Morgan fingerprint density at radius 3 is 2.67 bits per heavy atom. The molecule has 27 heavy (non-hydrogen) atoms. The Morgan fingerprint density at radius 2 is 1.89 bits per heavy atom. The van der Waals surface area contributed by atoms with Crippen molar-refractivity contribution in [2.45, 2.75) is 36.6 Å². The lowest BCUT2D eigenvalue weighted by atomic mass is 10.1. The first-order valence-corrected chi connectivity index (χ1v) is 11.0. The van der Waals surface area contributed by atoms with Gasteiger partial charge < -0.3 is 5.32 Å². The van der Waals surface area contributed by atoms with Gasteiger partial charge in [-0.05, 0) is 67.1 Å². The van der Waals surface area contributed by atoms with Crippen LogP contribution in [-0.4, -0.2) is 31.7 Å². The third-order valence-corrected chi connectivity index (χ3v) is 7.42. The van der Waals surface area contributed by atoms with Crippen LogP contribution in [0.25, 0.3) is 0 Å². The largest absolute Gasteiger partial charge is 0.345 e. The zero-order valence-electron chi connectivity index (χ0n) is 14.8. The van der Waals surface area contributed by atoms with E-state index in [9.17, 15) is 13.2 Å². The zero-order chi connectivity index (χ0) is 19.0. The van der Waals surface area contributed by atoms with Crippen LogP contribution in [0, 0.1) is 0 Å². The van der Waals surface area contributed by atoms with Crippen LogP contribution in [0.15, 0.2) is 47.4 Å². The number of rotatable bonds is 4. The maximum absolute atomic E-state index is 12.7. The van der Waals surface area contributed by atoms with Gasteiger partial charge in [-0.2, -0.15) is 4.31 Å². The smallest absolute Gasteiger partial charge is 0.251 e. The molecule has 1 amide bonds. The molecule has 1 fully saturated rings. The summed E-state index contributed by atoms with van der Waals surface area (Å²) < 4.78 is 26.9. The fraction of sp³-hybridized carbons (Fsp3) is 0.350. The van der Waals surface area contributed by atoms with Crippen molar-refractivity contribution < 1.29 is 13.2 Å². The van der Waals surface area contributed by atoms with Crippen LogP contribution in [0.3, 0.4) is 0 Å². The van der Waals surface area contributed by atoms with E-state index in [0.717, 1.165) is 36.8 Å². The SMILES string of the molecule is O=C(NC1CCc2cc(Cl)ccc21)c1cccc(S(=O)(=O)N2CCCC2)c1. The molecule has 0 radical (unpaired) electrons. The lowest BCUT2D eigenvalue weighted by Gasteiger charge is -2.17. The topological polar surface area (TPSA) is 66.5 Å². The average Bonchev–Trinajstić information content (AvgIpc) is 3.32. The van der Waals surface area contributed by atoms with E-state index >= 15 is 0 Å². The highest BCUT2D eigenvalue weighted by Gasteiger charge is 2.28. The molecule has 7 heteroatoms. The van der Waals surface area contributed by atoms with E-state index in [1.807, 2.05) is 18.2 Å². The van der Waals surface area contributed by atoms with Gasteiger partial charge in [-0.15, -0.1) is 0 Å². The highest BCUT2D eigenvalue weighted by Crippen LogP contribution is 2.33. The molecular weight excluding hydrogens is 384 g/mol. The van der Waals surface area contributed by atoms with Crippen LogP contribution < -0.4 is 5.32 Å². The monoisotopic (exact) mass is 404 g/mol. The van der Waals surface area contributed by atoms with E-state index in [0.29, 0.717) is 23.7 Å². The quantitative estimate of drug-likeness (QED) is 0.847. The molecule has 1 saturated heterocycles. The van der Waals surface area contributed by atoms with Crippen LogP contribution >= 0.6 is 11.6 Å². The summed E-state index contributed by atoms with van der Waals surface area (Å²) in [6.07, 6.45) is 3.44. The van der Waals surface area contributed by atoms with Crippen molar-refractivity contribution in [2.24, 2.45) is 0 Å². The Kier molecular flexibility index (Phi) is 4.97. The fourth-order valence-electron chi connectivity index (χ4n) is 3.85. The molecule has 2 aromatic rings. The van der Waals surface area contributed by atoms with E-state index < -0.39 is 10.0 Å². The Morgan fingerprint density at radius 1 is 1.11 bits per heavy atom. The van der Waals surface area contributed by atoms with Crippen LogP contribution in [0.4, 0.5) is 0 Å². The van der Waals surface area contributed by atoms with Crippen molar-refractivity contribution in [3.8, 4) is 0 Å². The first-order chi connectivity index (χ1) is 12.9. The molecule has 2 aromatic carbocycles. The molecule has 1 atom stereocenters. The maximum atomic E-state index is 12.7. The van der Waals surface area contributed by atoms with E-state index in [1.54, 1.807) is 18.2 Å². The number of fused-ring (bicyclic) bond motifs is 1. The number of halogens is 1. The van der Waals surface area contributed by atoms with Crippen molar-refractivity contribution in [1.29, 1.82) is 0 Å². The van der Waals surface area contributed by atoms with Crippen molar-refractivity contribution in [1.82, 2.24) is 9.62 Å². The average molecular weight is 405 g/mol. The molecule has 4 rings (SSSR count). The Labute approximate surface area is 164 Å². The number of carbonyl (C=O) groups is 1. The Balaban J connectivity index is 1.54. The summed E-state index contributed by atoms with van der Waals surface area (Å²) in [7, 11) is -3.54. The number of hydrogen-bond acceptors (Lipinski definition) is 3. The molecule has 1 aliphatic carbocycles. The van der Waals surface area contributed by atoms with Gasteiger partial charge in [0.25, 0.3) is 5.91 Å². The molecule has 1 heterocycles. The summed E-state index contributed by atoms with van der Waals surface area (Å²) in [5.41, 5.74) is 2.59. The van der Waals surface area contributed by atoms with Gasteiger partial charge >= 0.3 is 0 Å². The van der Waals surface area contributed by atoms with Gasteiger partial charge in [0.15, 0.2) is 0 Å². The number of carbonyl (C=O) groups excluding carboxylic acids is 1. The molecule has 1 N–H and O–H groups in total. The Bertz CT molecular complexity index is 984. The number of hydrogen-bond donors (Lipinski definition) is 1. The summed E-state index contributed by atoms with van der Waals surface area (Å²) in [5.74, 6) is -0.263. The van der Waals surface area contributed by atoms with Crippen molar-refractivity contribution in [3.05, 3.63) is 64.2 Å². The minimum atomic E-state index is -3.54. The predicted octanol–water partition coefficient (Wildman–Crippen LogP) is 3.54. The van der Waals surface area contributed by atoms with E-state index in [1.165, 1.54) is 10.4 Å². The highest BCUT2D eigenvalue weighted by atomic mass is 35.5. The van der Waals surface area contributed by atoms with Gasteiger partial charge in [-0.1, -0.05) is 23.7 Å². The van der Waals surface area contributed by atoms with Crippen LogP contribution in [0.1, 0.15) is 46.8 Å². The van der Waals surface area contributed by atoms with Gasteiger partial charge in [-0.25, -0.2) is 8.42 Å². The molecule has 0 bridgehead atoms. The van der Waals surface area contributed by atoms with Crippen LogP contribution in [0.2, 0.25) is 5.02 Å². The van der Waals surface area contributed by atoms with Gasteiger partial charge in [-0.3, -0.25) is 4.79 Å². The lowest BCUT2D eigenvalue weighted by molar-refractivity contribution is 0.0936. The van der Waals surface area contributed by atoms with Crippen molar-refractivity contribution in [2.75, 3.05) is 13.1 Å². The highest BCUT2D eigenvalue weighted by molar-refractivity contribution is 7.89. The van der Waals surface area contributed by atoms with E-state index in [2.05, 4.69) is 5.32 Å². The molecule has 0 saturated carbocycles. The first kappa shape index (κ1) is 18.5. The molecule has 0 spiro atoms. The van der Waals surface area contributed by atoms with Crippen LogP contribution in [-0.2, 0) is 16.4 Å². The predicted molar refractivity (Wildman–Crippen MR) is 104 cm³/mol. The molecule has 5 nitrogen and oxygen atoms in total. The van der Waals surface area contributed by atoms with Crippen molar-refractivity contribution >= 4 is 27.5 Å². The number of nitrogens with one attached hydrogen (secondary N) is 1. The maximum Gasteiger partial charge on any atom is 0.251 e. The van der Waals surface area contributed by atoms with Gasteiger partial charge in [0.2, 0.25) is 10.0 Å². The number of amides is 1. The summed E-state index contributed by atoms with van der Waals surface area (Å²) >= 11 is 6.04. The standard InChI is InChI=1S/C20H21ClN2O3S/c21-16-7-8-18-14(12-16)6-9-19(18)22-20(24)15-4-3-5-17(13-15)27(25,26)23-10-1-2-11-23/h3-5,7-8,12-13,19H,1-2,6,9-11H2,(H,22,24). The third-order valence-electron chi connectivity index (χ3n) is 5.29. The molecule has 2 aliphatic rings. The second-order valence-corrected chi connectivity index (χ2v) is 9.42. The van der Waals surface area contributed by atoms with E-state index in [-0.39, 0.29) is 16.8 Å². The number of nitrogens with zero attached hydrogens (tertiary/aromatic N) is 1. The second-order valence-electron chi connectivity index (χ2n) is 7.05. The summed E-state index contributed by atoms with van der Waals surface area (Å²) in [6, 6.07) is 11.9. The molecule has 142 valence electrons. The Hall–Kier alpha value is -1.89.